The number of hydrogen-bond donors (Lipinski definition) is 5. The normalized spacial score (nSPS) is 21.7. The number of halogens is 1. The van der Waals surface area contributed by atoms with Gasteiger partial charge in [-0.05, 0) is 48.9 Å². The first-order valence-electron chi connectivity index (χ1n) is 12.1. The minimum absolute atomic E-state index is 0.166. The Labute approximate surface area is 213 Å². The SMILES string of the molecule is Fc1ccc([C@@H]2CN(CC3CC=CCC3)C[C@H]2c2ccn[nH]2)cc1.O=C(O)CC(O)(CC(=O)O)C(=O)O. The van der Waals surface area contributed by atoms with Crippen molar-refractivity contribution in [3.8, 4) is 0 Å². The molecule has 2 aromatic rings. The van der Waals surface area contributed by atoms with Gasteiger partial charge in [0.05, 0.1) is 12.8 Å². The number of H-pyrrole nitrogens is 1. The number of benzene rings is 1. The molecule has 1 saturated heterocycles. The highest BCUT2D eigenvalue weighted by Crippen LogP contribution is 2.39. The van der Waals surface area contributed by atoms with Gasteiger partial charge in [-0.3, -0.25) is 14.7 Å². The van der Waals surface area contributed by atoms with Crippen molar-refractivity contribution in [1.82, 2.24) is 15.1 Å². The van der Waals surface area contributed by atoms with E-state index in [2.05, 4.69) is 33.3 Å². The number of likely N-dealkylation sites (tertiary alicyclic amines) is 1. The van der Waals surface area contributed by atoms with E-state index >= 15 is 0 Å². The molecule has 0 radical (unpaired) electrons. The molecule has 1 aromatic carbocycles. The number of nitrogens with zero attached hydrogens (tertiary/aromatic N) is 2. The van der Waals surface area contributed by atoms with Crippen molar-refractivity contribution in [2.24, 2.45) is 5.92 Å². The van der Waals surface area contributed by atoms with Crippen LogP contribution in [-0.2, 0) is 14.4 Å². The molecule has 1 unspecified atom stereocenters. The number of hydrogen-bond acceptors (Lipinski definition) is 6. The van der Waals surface area contributed by atoms with Gasteiger partial charge < -0.3 is 25.3 Å². The van der Waals surface area contributed by atoms with Crippen LogP contribution in [0.5, 0.6) is 0 Å². The summed E-state index contributed by atoms with van der Waals surface area (Å²) in [7, 11) is 0. The molecule has 5 N–H and O–H groups in total. The van der Waals surface area contributed by atoms with Gasteiger partial charge in [-0.15, -0.1) is 0 Å². The molecule has 1 aliphatic carbocycles. The molecular weight excluding hydrogens is 485 g/mol. The molecule has 0 amide bonds. The maximum absolute atomic E-state index is 13.3. The Kier molecular flexibility index (Phi) is 9.54. The molecule has 2 heterocycles. The third-order valence-electron chi connectivity index (χ3n) is 6.79. The summed E-state index contributed by atoms with van der Waals surface area (Å²) in [6, 6.07) is 9.11. The Morgan fingerprint density at radius 2 is 1.65 bits per heavy atom. The average molecular weight is 518 g/mol. The van der Waals surface area contributed by atoms with E-state index in [1.165, 1.54) is 30.5 Å². The number of aromatic nitrogens is 2. The molecule has 4 rings (SSSR count). The largest absolute Gasteiger partial charge is 0.481 e. The number of aliphatic carboxylic acids is 3. The minimum Gasteiger partial charge on any atom is -0.481 e. The summed E-state index contributed by atoms with van der Waals surface area (Å²) in [5.74, 6) is -3.62. The molecule has 2 aliphatic rings. The topological polar surface area (TPSA) is 164 Å². The van der Waals surface area contributed by atoms with E-state index in [9.17, 15) is 18.8 Å². The maximum Gasteiger partial charge on any atom is 0.336 e. The van der Waals surface area contributed by atoms with Crippen LogP contribution in [0.3, 0.4) is 0 Å². The molecular formula is C26H32FN3O7. The molecule has 1 fully saturated rings. The van der Waals surface area contributed by atoms with Gasteiger partial charge in [0, 0.05) is 43.4 Å². The van der Waals surface area contributed by atoms with Crippen molar-refractivity contribution in [3.63, 3.8) is 0 Å². The molecule has 11 heteroatoms. The zero-order chi connectivity index (χ0) is 27.0. The number of rotatable bonds is 9. The predicted molar refractivity (Wildman–Crippen MR) is 130 cm³/mol. The first kappa shape index (κ1) is 28.0. The summed E-state index contributed by atoms with van der Waals surface area (Å²) in [6.45, 7) is 3.24. The van der Waals surface area contributed by atoms with Crippen LogP contribution in [0.15, 0.2) is 48.7 Å². The smallest absolute Gasteiger partial charge is 0.336 e. The zero-order valence-electron chi connectivity index (χ0n) is 20.3. The van der Waals surface area contributed by atoms with Crippen molar-refractivity contribution in [3.05, 3.63) is 65.8 Å². The van der Waals surface area contributed by atoms with E-state index in [0.29, 0.717) is 11.8 Å². The Morgan fingerprint density at radius 3 is 2.16 bits per heavy atom. The molecule has 10 nitrogen and oxygen atoms in total. The van der Waals surface area contributed by atoms with E-state index in [-0.39, 0.29) is 5.82 Å². The molecule has 0 saturated carbocycles. The highest BCUT2D eigenvalue weighted by Gasteiger charge is 2.41. The lowest BCUT2D eigenvalue weighted by Gasteiger charge is -2.24. The number of carboxylic acid groups (broad SMARTS) is 3. The first-order chi connectivity index (χ1) is 17.6. The van der Waals surface area contributed by atoms with Gasteiger partial charge in [0.15, 0.2) is 5.60 Å². The maximum atomic E-state index is 13.3. The van der Waals surface area contributed by atoms with Crippen molar-refractivity contribution in [2.75, 3.05) is 19.6 Å². The second-order valence-corrected chi connectivity index (χ2v) is 9.62. The lowest BCUT2D eigenvalue weighted by molar-refractivity contribution is -0.170. The summed E-state index contributed by atoms with van der Waals surface area (Å²) in [4.78, 5) is 33.1. The Bertz CT molecular complexity index is 1070. The van der Waals surface area contributed by atoms with E-state index in [0.717, 1.165) is 25.6 Å². The van der Waals surface area contributed by atoms with Crippen molar-refractivity contribution in [2.45, 2.75) is 49.5 Å². The fourth-order valence-electron chi connectivity index (χ4n) is 4.97. The molecule has 1 aliphatic heterocycles. The van der Waals surface area contributed by atoms with Gasteiger partial charge in [-0.1, -0.05) is 24.3 Å². The van der Waals surface area contributed by atoms with E-state index in [4.69, 9.17) is 20.4 Å². The summed E-state index contributed by atoms with van der Waals surface area (Å²) in [5.41, 5.74) is -0.324. The predicted octanol–water partition coefficient (Wildman–Crippen LogP) is 2.84. The monoisotopic (exact) mass is 517 g/mol. The summed E-state index contributed by atoms with van der Waals surface area (Å²) >= 11 is 0. The van der Waals surface area contributed by atoms with Gasteiger partial charge in [0.1, 0.15) is 5.82 Å². The fraction of sp³-hybridized carbons (Fsp3) is 0.462. The first-order valence-corrected chi connectivity index (χ1v) is 12.1. The van der Waals surface area contributed by atoms with Gasteiger partial charge >= 0.3 is 17.9 Å². The number of aromatic amines is 1. The lowest BCUT2D eigenvalue weighted by atomic mass is 9.87. The zero-order valence-corrected chi connectivity index (χ0v) is 20.3. The number of carbonyl (C=O) groups is 3. The molecule has 0 bridgehead atoms. The number of aliphatic hydroxyl groups is 1. The summed E-state index contributed by atoms with van der Waals surface area (Å²) in [5, 5.41) is 41.1. The van der Waals surface area contributed by atoms with Crippen LogP contribution in [-0.4, -0.2) is 78.7 Å². The van der Waals surface area contributed by atoms with Gasteiger partial charge in [-0.25, -0.2) is 9.18 Å². The van der Waals surface area contributed by atoms with Crippen LogP contribution in [0.2, 0.25) is 0 Å². The Balaban J connectivity index is 0.000000251. The molecule has 3 atom stereocenters. The average Bonchev–Trinajstić information content (AvgIpc) is 3.50. The Morgan fingerprint density at radius 1 is 1.00 bits per heavy atom. The quantitative estimate of drug-likeness (QED) is 0.315. The van der Waals surface area contributed by atoms with Gasteiger partial charge in [0.2, 0.25) is 0 Å². The standard InChI is InChI=1S/C20H24FN3.C6H8O7/c21-17-8-6-16(7-9-17)18-13-24(12-15-4-2-1-3-5-15)14-19(18)20-10-11-22-23-20;7-3(8)1-6(13,5(11)12)2-4(9)10/h1-2,6-11,15,18-19H,3-5,12-14H2,(H,22,23);13H,1-2H2,(H,7,8)(H,9,10)(H,11,12)/t15?,18-,19+;/m0./s1. The fourth-order valence-corrected chi connectivity index (χ4v) is 4.97. The van der Waals surface area contributed by atoms with Crippen LogP contribution in [0.25, 0.3) is 0 Å². The molecule has 1 aromatic heterocycles. The lowest BCUT2D eigenvalue weighted by Crippen LogP contribution is -2.42. The number of carboxylic acids is 3. The Hall–Kier alpha value is -3.57. The van der Waals surface area contributed by atoms with Gasteiger partial charge in [0.25, 0.3) is 0 Å². The van der Waals surface area contributed by atoms with Crippen LogP contribution >= 0.6 is 0 Å². The third kappa shape index (κ3) is 7.96. The van der Waals surface area contributed by atoms with E-state index in [1.54, 1.807) is 12.1 Å². The minimum atomic E-state index is -2.74. The number of nitrogens with one attached hydrogen (secondary N) is 1. The van der Waals surface area contributed by atoms with E-state index in [1.807, 2.05) is 18.3 Å². The molecule has 200 valence electrons. The van der Waals surface area contributed by atoms with Crippen LogP contribution in [0.4, 0.5) is 4.39 Å². The van der Waals surface area contributed by atoms with Gasteiger partial charge in [-0.2, -0.15) is 5.10 Å². The molecule has 0 spiro atoms. The number of allylic oxidation sites excluding steroid dienone is 2. The second-order valence-electron chi connectivity index (χ2n) is 9.62. The summed E-state index contributed by atoms with van der Waals surface area (Å²) < 4.78 is 13.3. The van der Waals surface area contributed by atoms with Crippen LogP contribution in [0.1, 0.15) is 55.2 Å². The highest BCUT2D eigenvalue weighted by molar-refractivity contribution is 5.88. The highest BCUT2D eigenvalue weighted by atomic mass is 19.1. The third-order valence-corrected chi connectivity index (χ3v) is 6.79. The second kappa shape index (κ2) is 12.6. The molecule has 37 heavy (non-hydrogen) atoms. The summed E-state index contributed by atoms with van der Waals surface area (Å²) in [6.07, 6.45) is 7.87. The van der Waals surface area contributed by atoms with E-state index < -0.39 is 36.4 Å². The van der Waals surface area contributed by atoms with Crippen LogP contribution < -0.4 is 0 Å². The van der Waals surface area contributed by atoms with Crippen molar-refractivity contribution < 1.29 is 39.2 Å². The van der Waals surface area contributed by atoms with Crippen molar-refractivity contribution >= 4 is 17.9 Å². The van der Waals surface area contributed by atoms with Crippen LogP contribution in [0, 0.1) is 11.7 Å². The van der Waals surface area contributed by atoms with Crippen molar-refractivity contribution in [1.29, 1.82) is 0 Å².